The van der Waals surface area contributed by atoms with Crippen LogP contribution in [0, 0.1) is 29.6 Å². The molecule has 20 heavy (non-hydrogen) atoms. The molecule has 4 rings (SSSR count). The minimum atomic E-state index is 0.524. The Kier molecular flexibility index (Phi) is 5.07. The molecule has 1 heteroatoms. The molecule has 2 N–H and O–H groups in total. The van der Waals surface area contributed by atoms with Crippen molar-refractivity contribution in [1.82, 2.24) is 0 Å². The van der Waals surface area contributed by atoms with Crippen molar-refractivity contribution in [2.24, 2.45) is 35.3 Å². The average molecular weight is 277 g/mol. The van der Waals surface area contributed by atoms with Crippen LogP contribution in [0.1, 0.15) is 84.0 Å². The van der Waals surface area contributed by atoms with Crippen LogP contribution in [0.2, 0.25) is 0 Å². The predicted molar refractivity (Wildman–Crippen MR) is 86.5 cm³/mol. The molecule has 1 nitrogen and oxygen atoms in total. The normalized spacial score (nSPS) is 40.2. The summed E-state index contributed by atoms with van der Waals surface area (Å²) >= 11 is 0. The number of rotatable bonds is 8. The molecule has 4 aliphatic carbocycles. The summed E-state index contributed by atoms with van der Waals surface area (Å²) in [6.45, 7) is 2.29. The molecule has 0 heterocycles. The Bertz CT molecular complexity index is 270. The summed E-state index contributed by atoms with van der Waals surface area (Å²) in [5, 5.41) is 0. The quantitative estimate of drug-likeness (QED) is 0.611. The van der Waals surface area contributed by atoms with Gasteiger partial charge in [-0.2, -0.15) is 0 Å². The molecule has 0 amide bonds. The van der Waals surface area contributed by atoms with Crippen LogP contribution < -0.4 is 5.73 Å². The molecule has 0 aromatic heterocycles. The second-order valence-corrected chi connectivity index (χ2v) is 8.23. The Morgan fingerprint density at radius 2 is 1.35 bits per heavy atom. The zero-order valence-electron chi connectivity index (χ0n) is 13.5. The third-order valence-electron chi connectivity index (χ3n) is 6.69. The van der Waals surface area contributed by atoms with Crippen LogP contribution in [0.5, 0.6) is 0 Å². The minimum Gasteiger partial charge on any atom is -0.327 e. The Morgan fingerprint density at radius 1 is 0.800 bits per heavy atom. The molecule has 0 aromatic rings. The summed E-state index contributed by atoms with van der Waals surface area (Å²) < 4.78 is 0. The molecule has 4 fully saturated rings. The Morgan fingerprint density at radius 3 is 1.95 bits per heavy atom. The minimum absolute atomic E-state index is 0.524. The SMILES string of the molecule is CCCCCCCCC(N)C1C2CC3CC(C2)CC1C3. The van der Waals surface area contributed by atoms with Crippen molar-refractivity contribution >= 4 is 0 Å². The molecule has 0 radical (unpaired) electrons. The summed E-state index contributed by atoms with van der Waals surface area (Å²) in [5.74, 6) is 5.12. The van der Waals surface area contributed by atoms with Crippen molar-refractivity contribution < 1.29 is 0 Å². The van der Waals surface area contributed by atoms with E-state index in [4.69, 9.17) is 5.73 Å². The predicted octanol–water partition coefficient (Wildman–Crippen LogP) is 5.14. The van der Waals surface area contributed by atoms with Crippen molar-refractivity contribution in [3.63, 3.8) is 0 Å². The highest BCUT2D eigenvalue weighted by molar-refractivity contribution is 5.00. The molecule has 1 atom stereocenters. The summed E-state index contributed by atoms with van der Waals surface area (Å²) in [4.78, 5) is 0. The third-order valence-corrected chi connectivity index (χ3v) is 6.69. The monoisotopic (exact) mass is 277 g/mol. The summed E-state index contributed by atoms with van der Waals surface area (Å²) in [6.07, 6.45) is 17.4. The van der Waals surface area contributed by atoms with E-state index in [0.29, 0.717) is 6.04 Å². The van der Waals surface area contributed by atoms with Gasteiger partial charge in [0.25, 0.3) is 0 Å². The van der Waals surface area contributed by atoms with E-state index in [-0.39, 0.29) is 0 Å². The highest BCUT2D eigenvalue weighted by Gasteiger charge is 2.49. The van der Waals surface area contributed by atoms with E-state index >= 15 is 0 Å². The van der Waals surface area contributed by atoms with Gasteiger partial charge in [-0.25, -0.2) is 0 Å². The van der Waals surface area contributed by atoms with Gasteiger partial charge >= 0.3 is 0 Å². The van der Waals surface area contributed by atoms with Crippen LogP contribution >= 0.6 is 0 Å². The molecule has 116 valence electrons. The smallest absolute Gasteiger partial charge is 0.00724 e. The van der Waals surface area contributed by atoms with Gasteiger partial charge in [0.1, 0.15) is 0 Å². The Balaban J connectivity index is 1.40. The van der Waals surface area contributed by atoms with Crippen molar-refractivity contribution in [3.05, 3.63) is 0 Å². The lowest BCUT2D eigenvalue weighted by Crippen LogP contribution is -2.51. The van der Waals surface area contributed by atoms with E-state index < -0.39 is 0 Å². The van der Waals surface area contributed by atoms with Crippen LogP contribution in [0.25, 0.3) is 0 Å². The molecular formula is C19H35N. The van der Waals surface area contributed by atoms with Crippen LogP contribution in [0.3, 0.4) is 0 Å². The maximum atomic E-state index is 6.64. The molecule has 0 spiro atoms. The molecule has 4 saturated carbocycles. The van der Waals surface area contributed by atoms with Gasteiger partial charge < -0.3 is 5.73 Å². The Labute approximate surface area is 126 Å². The summed E-state index contributed by atoms with van der Waals surface area (Å²) in [7, 11) is 0. The van der Waals surface area contributed by atoms with Crippen LogP contribution in [0.4, 0.5) is 0 Å². The van der Waals surface area contributed by atoms with E-state index in [1.165, 1.54) is 70.6 Å². The van der Waals surface area contributed by atoms with Gasteiger partial charge in [0, 0.05) is 6.04 Å². The maximum absolute atomic E-state index is 6.64. The summed E-state index contributed by atoms with van der Waals surface area (Å²) in [5.41, 5.74) is 6.64. The molecule has 0 saturated heterocycles. The number of nitrogens with two attached hydrogens (primary N) is 1. The van der Waals surface area contributed by atoms with Gasteiger partial charge in [0.15, 0.2) is 0 Å². The zero-order chi connectivity index (χ0) is 13.9. The molecule has 1 unspecified atom stereocenters. The zero-order valence-corrected chi connectivity index (χ0v) is 13.5. The van der Waals surface area contributed by atoms with Gasteiger partial charge in [-0.15, -0.1) is 0 Å². The van der Waals surface area contributed by atoms with Gasteiger partial charge in [-0.05, 0) is 68.1 Å². The maximum Gasteiger partial charge on any atom is 0.00724 e. The lowest BCUT2D eigenvalue weighted by molar-refractivity contribution is -0.0477. The molecular weight excluding hydrogens is 242 g/mol. The molecule has 0 aliphatic heterocycles. The largest absolute Gasteiger partial charge is 0.327 e. The van der Waals surface area contributed by atoms with Crippen LogP contribution in [-0.4, -0.2) is 6.04 Å². The highest BCUT2D eigenvalue weighted by atomic mass is 14.7. The second kappa shape index (κ2) is 6.81. The Hall–Kier alpha value is -0.0400. The molecule has 4 aliphatic rings. The van der Waals surface area contributed by atoms with E-state index in [0.717, 1.165) is 29.6 Å². The first kappa shape index (κ1) is 14.9. The fourth-order valence-electron chi connectivity index (χ4n) is 6.02. The first-order valence-electron chi connectivity index (χ1n) is 9.53. The van der Waals surface area contributed by atoms with Gasteiger partial charge in [0.2, 0.25) is 0 Å². The van der Waals surface area contributed by atoms with Gasteiger partial charge in [-0.1, -0.05) is 45.4 Å². The molecule has 4 bridgehead atoms. The lowest BCUT2D eigenvalue weighted by atomic mass is 9.50. The first-order chi connectivity index (χ1) is 9.78. The van der Waals surface area contributed by atoms with Crippen molar-refractivity contribution in [2.75, 3.05) is 0 Å². The van der Waals surface area contributed by atoms with E-state index in [1.54, 1.807) is 6.42 Å². The third kappa shape index (κ3) is 3.24. The van der Waals surface area contributed by atoms with Crippen molar-refractivity contribution in [3.8, 4) is 0 Å². The standard InChI is InChI=1S/C19H35N/c1-2-3-4-5-6-7-8-18(20)19-16-10-14-9-15(12-16)13-17(19)11-14/h14-19H,2-13,20H2,1H3. The van der Waals surface area contributed by atoms with E-state index in [1.807, 2.05) is 0 Å². The van der Waals surface area contributed by atoms with E-state index in [9.17, 15) is 0 Å². The first-order valence-corrected chi connectivity index (χ1v) is 9.53. The van der Waals surface area contributed by atoms with E-state index in [2.05, 4.69) is 6.92 Å². The second-order valence-electron chi connectivity index (χ2n) is 8.23. The fraction of sp³-hybridized carbons (Fsp3) is 1.00. The highest BCUT2D eigenvalue weighted by Crippen LogP contribution is 2.57. The van der Waals surface area contributed by atoms with Crippen LogP contribution in [-0.2, 0) is 0 Å². The summed E-state index contributed by atoms with van der Waals surface area (Å²) in [6, 6.07) is 0.524. The molecule has 0 aromatic carbocycles. The topological polar surface area (TPSA) is 26.0 Å². The number of hydrogen-bond acceptors (Lipinski definition) is 1. The number of unbranched alkanes of at least 4 members (excludes halogenated alkanes) is 5. The average Bonchev–Trinajstić information content (AvgIpc) is 2.41. The fourth-order valence-corrected chi connectivity index (χ4v) is 6.02. The van der Waals surface area contributed by atoms with Crippen molar-refractivity contribution in [2.45, 2.75) is 90.0 Å². The number of hydrogen-bond donors (Lipinski definition) is 1. The van der Waals surface area contributed by atoms with Gasteiger partial charge in [-0.3, -0.25) is 0 Å². The van der Waals surface area contributed by atoms with Crippen molar-refractivity contribution in [1.29, 1.82) is 0 Å². The van der Waals surface area contributed by atoms with Gasteiger partial charge in [0.05, 0.1) is 0 Å². The lowest BCUT2D eigenvalue weighted by Gasteiger charge is -2.56. The van der Waals surface area contributed by atoms with Crippen LogP contribution in [0.15, 0.2) is 0 Å².